The molecule has 106 valence electrons. The zero-order valence-electron chi connectivity index (χ0n) is 10.9. The fourth-order valence-electron chi connectivity index (χ4n) is 3.42. The van der Waals surface area contributed by atoms with E-state index in [0.717, 1.165) is 12.8 Å². The molecule has 0 aromatic heterocycles. The zero-order chi connectivity index (χ0) is 14.3. The van der Waals surface area contributed by atoms with Crippen LogP contribution in [0.15, 0.2) is 18.2 Å². The molecule has 2 N–H and O–H groups in total. The number of anilines is 1. The summed E-state index contributed by atoms with van der Waals surface area (Å²) >= 11 is 6.02. The van der Waals surface area contributed by atoms with E-state index in [-0.39, 0.29) is 28.1 Å². The Hall–Kier alpha value is -1.55. The van der Waals surface area contributed by atoms with Gasteiger partial charge in [-0.05, 0) is 36.8 Å². The van der Waals surface area contributed by atoms with Gasteiger partial charge in [-0.15, -0.1) is 0 Å². The number of fused-ring (bicyclic) bond motifs is 1. The Labute approximate surface area is 122 Å². The number of hydrogen-bond acceptors (Lipinski definition) is 2. The van der Waals surface area contributed by atoms with E-state index in [0.29, 0.717) is 11.8 Å². The molecule has 1 amide bonds. The van der Waals surface area contributed by atoms with Crippen molar-refractivity contribution in [3.05, 3.63) is 28.8 Å². The average molecular weight is 294 g/mol. The van der Waals surface area contributed by atoms with Crippen LogP contribution >= 0.6 is 11.6 Å². The minimum atomic E-state index is -1.09. The number of carboxylic acid groups (broad SMARTS) is 1. The van der Waals surface area contributed by atoms with Crippen LogP contribution in [0.5, 0.6) is 0 Å². The van der Waals surface area contributed by atoms with Gasteiger partial charge >= 0.3 is 5.97 Å². The zero-order valence-corrected chi connectivity index (χ0v) is 11.7. The van der Waals surface area contributed by atoms with Crippen LogP contribution in [0.4, 0.5) is 5.69 Å². The molecule has 1 aromatic rings. The van der Waals surface area contributed by atoms with E-state index in [2.05, 4.69) is 5.32 Å². The minimum absolute atomic E-state index is 0.0365. The van der Waals surface area contributed by atoms with E-state index in [1.54, 1.807) is 12.1 Å². The monoisotopic (exact) mass is 293 g/mol. The maximum Gasteiger partial charge on any atom is 0.337 e. The molecular weight excluding hydrogens is 278 g/mol. The number of nitrogens with one attached hydrogen (secondary N) is 1. The first-order valence-electron chi connectivity index (χ1n) is 6.92. The number of hydrogen-bond donors (Lipinski definition) is 2. The number of carbonyl (C=O) groups excluding carboxylic acids is 1. The molecule has 0 spiro atoms. The predicted octanol–water partition coefficient (Wildman–Crippen LogP) is 3.41. The molecule has 2 aliphatic carbocycles. The van der Waals surface area contributed by atoms with Gasteiger partial charge in [0.2, 0.25) is 5.91 Å². The lowest BCUT2D eigenvalue weighted by Crippen LogP contribution is -2.18. The van der Waals surface area contributed by atoms with Crippen molar-refractivity contribution in [2.45, 2.75) is 25.7 Å². The fraction of sp³-hybridized carbons (Fsp3) is 0.467. The normalized spacial score (nSPS) is 27.6. The van der Waals surface area contributed by atoms with Gasteiger partial charge in [0, 0.05) is 5.92 Å². The maximum absolute atomic E-state index is 12.3. The third-order valence-corrected chi connectivity index (χ3v) is 4.77. The average Bonchev–Trinajstić information content (AvgIpc) is 3.15. The molecule has 2 saturated carbocycles. The molecule has 0 radical (unpaired) electrons. The number of rotatable bonds is 3. The Bertz CT molecular complexity index is 560. The number of amides is 1. The van der Waals surface area contributed by atoms with Crippen LogP contribution in [-0.2, 0) is 4.79 Å². The van der Waals surface area contributed by atoms with E-state index in [1.165, 1.54) is 18.9 Å². The summed E-state index contributed by atoms with van der Waals surface area (Å²) in [5.74, 6) is -0.164. The number of halogens is 1. The lowest BCUT2D eigenvalue weighted by atomic mass is 10.0. The molecule has 2 atom stereocenters. The first-order chi connectivity index (χ1) is 9.59. The van der Waals surface area contributed by atoms with Gasteiger partial charge in [-0.25, -0.2) is 4.79 Å². The maximum atomic E-state index is 12.3. The number of benzene rings is 1. The molecule has 4 nitrogen and oxygen atoms in total. The largest absolute Gasteiger partial charge is 0.478 e. The van der Waals surface area contributed by atoms with Gasteiger partial charge in [0.15, 0.2) is 0 Å². The molecule has 0 aliphatic heterocycles. The Balaban J connectivity index is 1.78. The minimum Gasteiger partial charge on any atom is -0.478 e. The highest BCUT2D eigenvalue weighted by molar-refractivity contribution is 6.34. The summed E-state index contributed by atoms with van der Waals surface area (Å²) in [7, 11) is 0. The smallest absolute Gasteiger partial charge is 0.337 e. The predicted molar refractivity (Wildman–Crippen MR) is 76.0 cm³/mol. The van der Waals surface area contributed by atoms with Crippen molar-refractivity contribution in [2.75, 3.05) is 5.32 Å². The van der Waals surface area contributed by atoms with Crippen LogP contribution in [0.3, 0.4) is 0 Å². The van der Waals surface area contributed by atoms with E-state index in [4.69, 9.17) is 16.7 Å². The molecule has 2 fully saturated rings. The summed E-state index contributed by atoms with van der Waals surface area (Å²) in [4.78, 5) is 23.5. The van der Waals surface area contributed by atoms with E-state index in [9.17, 15) is 9.59 Å². The summed E-state index contributed by atoms with van der Waals surface area (Å²) in [6, 6.07) is 4.60. The van der Waals surface area contributed by atoms with Crippen molar-refractivity contribution in [3.8, 4) is 0 Å². The molecule has 2 unspecified atom stereocenters. The third-order valence-electron chi connectivity index (χ3n) is 4.45. The summed E-state index contributed by atoms with van der Waals surface area (Å²) in [5.41, 5.74) is 0.254. The lowest BCUT2D eigenvalue weighted by molar-refractivity contribution is -0.117. The van der Waals surface area contributed by atoms with Gasteiger partial charge in [0.25, 0.3) is 0 Å². The van der Waals surface area contributed by atoms with Crippen LogP contribution in [-0.4, -0.2) is 17.0 Å². The number of carbonyl (C=O) groups is 2. The summed E-state index contributed by atoms with van der Waals surface area (Å²) in [6.45, 7) is 0. The van der Waals surface area contributed by atoms with E-state index < -0.39 is 5.97 Å². The SMILES string of the molecule is O=C(O)c1cccc(Cl)c1NC(=O)C1C2CCCCC21. The third kappa shape index (κ3) is 2.29. The number of para-hydroxylation sites is 1. The Morgan fingerprint density at radius 1 is 1.20 bits per heavy atom. The summed E-state index contributed by atoms with van der Waals surface area (Å²) < 4.78 is 0. The van der Waals surface area contributed by atoms with Gasteiger partial charge in [-0.1, -0.05) is 30.5 Å². The van der Waals surface area contributed by atoms with Crippen molar-refractivity contribution in [1.82, 2.24) is 0 Å². The Kier molecular flexibility index (Phi) is 3.42. The lowest BCUT2D eigenvalue weighted by Gasteiger charge is -2.10. The van der Waals surface area contributed by atoms with Gasteiger partial charge in [-0.2, -0.15) is 0 Å². The van der Waals surface area contributed by atoms with Crippen molar-refractivity contribution in [3.63, 3.8) is 0 Å². The highest BCUT2D eigenvalue weighted by Crippen LogP contribution is 2.55. The molecule has 2 aliphatic rings. The van der Waals surface area contributed by atoms with Crippen molar-refractivity contribution in [1.29, 1.82) is 0 Å². The van der Waals surface area contributed by atoms with Crippen LogP contribution in [0.25, 0.3) is 0 Å². The highest BCUT2D eigenvalue weighted by Gasteiger charge is 2.54. The molecule has 20 heavy (non-hydrogen) atoms. The summed E-state index contributed by atoms with van der Waals surface area (Å²) in [5, 5.41) is 12.1. The second-order valence-electron chi connectivity index (χ2n) is 5.59. The summed E-state index contributed by atoms with van der Waals surface area (Å²) in [6.07, 6.45) is 4.60. The number of carboxylic acids is 1. The van der Waals surface area contributed by atoms with Crippen LogP contribution in [0.2, 0.25) is 5.02 Å². The van der Waals surface area contributed by atoms with Crippen molar-refractivity contribution in [2.24, 2.45) is 17.8 Å². The molecular formula is C15H16ClNO3. The van der Waals surface area contributed by atoms with Gasteiger partial charge < -0.3 is 10.4 Å². The van der Waals surface area contributed by atoms with Crippen LogP contribution in [0, 0.1) is 17.8 Å². The standard InChI is InChI=1S/C15H16ClNO3/c16-11-7-3-6-10(15(19)20)13(11)17-14(18)12-8-4-1-2-5-9(8)12/h3,6-9,12H,1-2,4-5H2,(H,17,18)(H,19,20). The molecule has 0 heterocycles. The fourth-order valence-corrected chi connectivity index (χ4v) is 3.64. The van der Waals surface area contributed by atoms with Crippen LogP contribution in [0.1, 0.15) is 36.0 Å². The highest BCUT2D eigenvalue weighted by atomic mass is 35.5. The quantitative estimate of drug-likeness (QED) is 0.897. The second-order valence-corrected chi connectivity index (χ2v) is 6.00. The number of aromatic carboxylic acids is 1. The van der Waals surface area contributed by atoms with Gasteiger partial charge in [0.05, 0.1) is 16.3 Å². The Morgan fingerprint density at radius 3 is 2.45 bits per heavy atom. The van der Waals surface area contributed by atoms with Crippen molar-refractivity contribution >= 4 is 29.2 Å². The first kappa shape index (κ1) is 13.4. The first-order valence-corrected chi connectivity index (χ1v) is 7.30. The Morgan fingerprint density at radius 2 is 1.85 bits per heavy atom. The van der Waals surface area contributed by atoms with E-state index >= 15 is 0 Å². The van der Waals surface area contributed by atoms with Gasteiger partial charge in [-0.3, -0.25) is 4.79 Å². The molecule has 0 bridgehead atoms. The van der Waals surface area contributed by atoms with Crippen molar-refractivity contribution < 1.29 is 14.7 Å². The van der Waals surface area contributed by atoms with Gasteiger partial charge in [0.1, 0.15) is 0 Å². The second kappa shape index (κ2) is 5.09. The molecule has 5 heteroatoms. The molecule has 3 rings (SSSR count). The van der Waals surface area contributed by atoms with E-state index in [1.807, 2.05) is 0 Å². The van der Waals surface area contributed by atoms with Crippen LogP contribution < -0.4 is 5.32 Å². The molecule has 1 aromatic carbocycles. The molecule has 0 saturated heterocycles. The topological polar surface area (TPSA) is 66.4 Å².